The van der Waals surface area contributed by atoms with Gasteiger partial charge >= 0.3 is 0 Å². The van der Waals surface area contributed by atoms with E-state index in [0.717, 1.165) is 24.2 Å². The van der Waals surface area contributed by atoms with Gasteiger partial charge in [0.1, 0.15) is 6.10 Å². The van der Waals surface area contributed by atoms with Crippen molar-refractivity contribution < 1.29 is 13.2 Å². The molecule has 0 aromatic heterocycles. The lowest BCUT2D eigenvalue weighted by molar-refractivity contribution is 0.0396. The van der Waals surface area contributed by atoms with Gasteiger partial charge in [0, 0.05) is 0 Å². The van der Waals surface area contributed by atoms with E-state index in [1.165, 1.54) is 4.31 Å². The fourth-order valence-electron chi connectivity index (χ4n) is 3.25. The maximum atomic E-state index is 13.2. The summed E-state index contributed by atoms with van der Waals surface area (Å²) in [6.45, 7) is 2.71. The van der Waals surface area contributed by atoms with Crippen LogP contribution in [0.1, 0.15) is 26.2 Å². The molecule has 1 aliphatic carbocycles. The second-order valence-corrected chi connectivity index (χ2v) is 8.07. The van der Waals surface area contributed by atoms with Crippen LogP contribution in [0, 0.1) is 0 Å². The smallest absolute Gasteiger partial charge is 0.266 e. The molecule has 2 unspecified atom stereocenters. The normalized spacial score (nSPS) is 25.7. The Morgan fingerprint density at radius 3 is 2.75 bits per heavy atom. The summed E-state index contributed by atoms with van der Waals surface area (Å²) >= 11 is 0. The van der Waals surface area contributed by atoms with E-state index in [9.17, 15) is 8.42 Å². The summed E-state index contributed by atoms with van der Waals surface area (Å²) in [5, 5.41) is 3.06. The van der Waals surface area contributed by atoms with Gasteiger partial charge in [-0.15, -0.1) is 0 Å². The van der Waals surface area contributed by atoms with Gasteiger partial charge in [0.25, 0.3) is 10.0 Å². The molecule has 1 fully saturated rings. The van der Waals surface area contributed by atoms with Gasteiger partial charge in [-0.25, -0.2) is 12.7 Å². The van der Waals surface area contributed by atoms with Crippen molar-refractivity contribution in [1.29, 1.82) is 0 Å². The van der Waals surface area contributed by atoms with Crippen molar-refractivity contribution in [3.8, 4) is 0 Å². The minimum absolute atomic E-state index is 0.210. The predicted octanol–water partition coefficient (Wildman–Crippen LogP) is 2.78. The number of hydrogen-bond acceptors (Lipinski definition) is 4. The number of anilines is 1. The average molecular weight is 348 g/mol. The molecular weight excluding hydrogens is 324 g/mol. The molecule has 0 spiro atoms. The molecular formula is C18H24N2O3S. The van der Waals surface area contributed by atoms with Crippen LogP contribution in [0.25, 0.3) is 0 Å². The van der Waals surface area contributed by atoms with Crippen molar-refractivity contribution in [1.82, 2.24) is 5.32 Å². The van der Waals surface area contributed by atoms with Crippen molar-refractivity contribution in [3.05, 3.63) is 53.8 Å². The van der Waals surface area contributed by atoms with Crippen molar-refractivity contribution in [2.45, 2.75) is 37.7 Å². The fourth-order valence-corrected chi connectivity index (χ4v) is 5.18. The number of hydrogen-bond donors (Lipinski definition) is 1. The molecule has 0 amide bonds. The van der Waals surface area contributed by atoms with Crippen molar-refractivity contribution in [2.75, 3.05) is 17.9 Å². The Bertz CT molecular complexity index is 741. The van der Waals surface area contributed by atoms with E-state index in [0.29, 0.717) is 18.5 Å². The number of rotatable bonds is 5. The summed E-state index contributed by atoms with van der Waals surface area (Å²) in [5.41, 5.74) is 1.55. The number of allylic oxidation sites excluding steroid dienone is 2. The van der Waals surface area contributed by atoms with Crippen molar-refractivity contribution in [3.63, 3.8) is 0 Å². The minimum Gasteiger partial charge on any atom is -0.350 e. The quantitative estimate of drug-likeness (QED) is 0.831. The first-order valence-electron chi connectivity index (χ1n) is 8.32. The molecule has 1 aliphatic heterocycles. The molecule has 5 nitrogen and oxygen atoms in total. The van der Waals surface area contributed by atoms with Gasteiger partial charge in [0.15, 0.2) is 5.44 Å². The van der Waals surface area contributed by atoms with Crippen LogP contribution in [0.4, 0.5) is 5.69 Å². The van der Waals surface area contributed by atoms with Crippen molar-refractivity contribution >= 4 is 15.7 Å². The molecule has 1 heterocycles. The van der Waals surface area contributed by atoms with E-state index in [-0.39, 0.29) is 6.10 Å². The first kappa shape index (κ1) is 17.2. The van der Waals surface area contributed by atoms with E-state index in [1.54, 1.807) is 0 Å². The van der Waals surface area contributed by atoms with Crippen LogP contribution < -0.4 is 9.62 Å². The Balaban J connectivity index is 2.03. The largest absolute Gasteiger partial charge is 0.350 e. The molecule has 0 saturated carbocycles. The highest BCUT2D eigenvalue weighted by Crippen LogP contribution is 2.39. The van der Waals surface area contributed by atoms with Crippen LogP contribution in [0.2, 0.25) is 0 Å². The topological polar surface area (TPSA) is 58.6 Å². The zero-order valence-electron chi connectivity index (χ0n) is 14.1. The van der Waals surface area contributed by atoms with Crippen LogP contribution in [0.3, 0.4) is 0 Å². The molecule has 2 atom stereocenters. The number of fused-ring (bicyclic) bond motifs is 1. The lowest BCUT2D eigenvalue weighted by Crippen LogP contribution is -2.51. The molecule has 0 bridgehead atoms. The highest BCUT2D eigenvalue weighted by atomic mass is 32.2. The lowest BCUT2D eigenvalue weighted by Gasteiger charge is -2.42. The summed E-state index contributed by atoms with van der Waals surface area (Å²) in [6, 6.07) is 9.28. The minimum atomic E-state index is -3.61. The number of ether oxygens (including phenoxy) is 1. The zero-order valence-corrected chi connectivity index (χ0v) is 14.9. The second-order valence-electron chi connectivity index (χ2n) is 6.15. The van der Waals surface area contributed by atoms with E-state index in [4.69, 9.17) is 4.74 Å². The molecule has 1 aromatic rings. The molecule has 2 aliphatic rings. The first-order chi connectivity index (χ1) is 11.6. The fraction of sp³-hybridized carbons (Fsp3) is 0.444. The number of benzene rings is 1. The third-order valence-corrected chi connectivity index (χ3v) is 6.33. The highest BCUT2D eigenvalue weighted by molar-refractivity contribution is 7.93. The predicted molar refractivity (Wildman–Crippen MR) is 96.1 cm³/mol. The van der Waals surface area contributed by atoms with Crippen molar-refractivity contribution in [2.24, 2.45) is 0 Å². The van der Waals surface area contributed by atoms with Crippen LogP contribution >= 0.6 is 0 Å². The third-order valence-electron chi connectivity index (χ3n) is 4.41. The van der Waals surface area contributed by atoms with E-state index in [2.05, 4.69) is 11.4 Å². The molecule has 1 saturated heterocycles. The Labute approximate surface area is 144 Å². The van der Waals surface area contributed by atoms with Gasteiger partial charge in [-0.05, 0) is 57.5 Å². The van der Waals surface area contributed by atoms with Crippen LogP contribution in [-0.4, -0.2) is 33.6 Å². The molecule has 1 N–H and O–H groups in total. The second kappa shape index (κ2) is 7.09. The zero-order chi connectivity index (χ0) is 17.2. The summed E-state index contributed by atoms with van der Waals surface area (Å²) < 4.78 is 34.0. The molecule has 0 radical (unpaired) electrons. The van der Waals surface area contributed by atoms with Gasteiger partial charge in [-0.2, -0.15) is 0 Å². The Hall–Kier alpha value is -1.63. The third kappa shape index (κ3) is 3.14. The van der Waals surface area contributed by atoms with Gasteiger partial charge in [0.05, 0.1) is 11.4 Å². The van der Waals surface area contributed by atoms with Crippen LogP contribution in [0.5, 0.6) is 0 Å². The summed E-state index contributed by atoms with van der Waals surface area (Å²) in [7, 11) is -1.75. The molecule has 130 valence electrons. The number of para-hydroxylation sites is 1. The van der Waals surface area contributed by atoms with Crippen LogP contribution in [0.15, 0.2) is 53.8 Å². The highest BCUT2D eigenvalue weighted by Gasteiger charge is 2.45. The lowest BCUT2D eigenvalue weighted by atomic mass is 10.0. The van der Waals surface area contributed by atoms with Gasteiger partial charge < -0.3 is 10.1 Å². The number of sulfonamides is 1. The van der Waals surface area contributed by atoms with E-state index >= 15 is 0 Å². The molecule has 1 aromatic carbocycles. The van der Waals surface area contributed by atoms with Gasteiger partial charge in [0.2, 0.25) is 0 Å². The summed E-state index contributed by atoms with van der Waals surface area (Å²) in [6.07, 6.45) is 5.76. The van der Waals surface area contributed by atoms with Gasteiger partial charge in [-0.3, -0.25) is 0 Å². The summed E-state index contributed by atoms with van der Waals surface area (Å²) in [4.78, 5) is 0. The molecule has 6 heteroatoms. The van der Waals surface area contributed by atoms with Crippen LogP contribution in [-0.2, 0) is 14.8 Å². The first-order valence-corrected chi connectivity index (χ1v) is 9.82. The van der Waals surface area contributed by atoms with E-state index < -0.39 is 15.5 Å². The Morgan fingerprint density at radius 2 is 2.04 bits per heavy atom. The standard InChI is InChI=1S/C18H24N2O3S/c1-14-8-6-11-16-18(14)20(15-9-4-3-5-10-15)24(21,22)17(23-16)12-7-13-19-2/h3-6,8-10,16-17,19H,7,11-13H2,1-2H3. The van der Waals surface area contributed by atoms with Gasteiger partial charge in [-0.1, -0.05) is 30.4 Å². The Kier molecular flexibility index (Phi) is 5.08. The molecule has 3 rings (SSSR count). The maximum Gasteiger partial charge on any atom is 0.266 e. The molecule has 24 heavy (non-hydrogen) atoms. The Morgan fingerprint density at radius 1 is 1.29 bits per heavy atom. The number of nitrogens with one attached hydrogen (secondary N) is 1. The maximum absolute atomic E-state index is 13.2. The average Bonchev–Trinajstić information content (AvgIpc) is 2.57. The van der Waals surface area contributed by atoms with E-state index in [1.807, 2.05) is 50.4 Å². The monoisotopic (exact) mass is 348 g/mol. The SMILES string of the molecule is CNCCCC1OC2CC=CC(C)=C2N(c2ccccc2)S1(=O)=O. The summed E-state index contributed by atoms with van der Waals surface area (Å²) in [5.74, 6) is 0. The number of nitrogens with zero attached hydrogens (tertiary/aromatic N) is 1.